The van der Waals surface area contributed by atoms with Crippen molar-refractivity contribution in [3.05, 3.63) is 24.6 Å². The molecule has 0 radical (unpaired) electrons. The highest BCUT2D eigenvalue weighted by Gasteiger charge is 2.02. The van der Waals surface area contributed by atoms with Gasteiger partial charge in [-0.3, -0.25) is 0 Å². The molecular formula is C6H5NO4. The molecule has 0 atom stereocenters. The maximum Gasteiger partial charge on any atom is 0.358 e. The molecule has 0 aliphatic rings. The first-order valence-corrected chi connectivity index (χ1v) is 2.50. The Morgan fingerprint density at radius 3 is 2.55 bits per heavy atom. The van der Waals surface area contributed by atoms with E-state index in [9.17, 15) is 4.79 Å². The van der Waals surface area contributed by atoms with Gasteiger partial charge in [0.05, 0.1) is 0 Å². The van der Waals surface area contributed by atoms with Crippen LogP contribution in [-0.2, 0) is 4.79 Å². The first-order valence-electron chi connectivity index (χ1n) is 2.50. The Morgan fingerprint density at radius 2 is 2.36 bits per heavy atom. The number of hydrogen-bond donors (Lipinski definition) is 1. The van der Waals surface area contributed by atoms with Crippen molar-refractivity contribution in [3.63, 3.8) is 0 Å². The van der Waals surface area contributed by atoms with Crippen molar-refractivity contribution in [3.8, 4) is 0 Å². The molecule has 0 aromatic carbocycles. The van der Waals surface area contributed by atoms with Gasteiger partial charge in [-0.05, 0) is 6.58 Å². The molecule has 1 aromatic rings. The first-order chi connectivity index (χ1) is 5.22. The molecule has 11 heavy (non-hydrogen) atoms. The van der Waals surface area contributed by atoms with E-state index in [2.05, 4.69) is 16.3 Å². The summed E-state index contributed by atoms with van der Waals surface area (Å²) in [5.41, 5.74) is -0.0648. The number of carbonyl (C=O) groups is 1. The molecule has 1 rings (SSSR count). The van der Waals surface area contributed by atoms with Crippen LogP contribution in [0.4, 0.5) is 0 Å². The van der Waals surface area contributed by atoms with Crippen LogP contribution in [0.2, 0.25) is 0 Å². The van der Waals surface area contributed by atoms with Gasteiger partial charge in [0.25, 0.3) is 0 Å². The number of nitrogens with zero attached hydrogens (tertiary/aromatic N) is 1. The van der Waals surface area contributed by atoms with Crippen LogP contribution < -0.4 is 0 Å². The molecule has 0 spiro atoms. The van der Waals surface area contributed by atoms with Gasteiger partial charge in [-0.15, -0.1) is 0 Å². The van der Waals surface area contributed by atoms with Gasteiger partial charge in [0.1, 0.15) is 12.2 Å². The van der Waals surface area contributed by atoms with Crippen LogP contribution >= 0.6 is 0 Å². The molecule has 0 bridgehead atoms. The van der Waals surface area contributed by atoms with Crippen molar-refractivity contribution in [2.24, 2.45) is 0 Å². The maximum atomic E-state index is 9.94. The van der Waals surface area contributed by atoms with Crippen molar-refractivity contribution in [1.29, 1.82) is 0 Å². The summed E-state index contributed by atoms with van der Waals surface area (Å²) in [6.45, 7) is 2.68. The van der Waals surface area contributed by atoms with Gasteiger partial charge >= 0.3 is 5.97 Å². The van der Waals surface area contributed by atoms with Gasteiger partial charge in [-0.1, -0.05) is 5.16 Å². The van der Waals surface area contributed by atoms with Crippen LogP contribution in [0, 0.1) is 0 Å². The highest BCUT2D eigenvalue weighted by Crippen LogP contribution is 1.91. The monoisotopic (exact) mass is 155 g/mol. The van der Waals surface area contributed by atoms with E-state index in [0.717, 1.165) is 0 Å². The van der Waals surface area contributed by atoms with Crippen molar-refractivity contribution in [2.75, 3.05) is 0 Å². The summed E-state index contributed by atoms with van der Waals surface area (Å²) >= 11 is 0. The number of carboxylic acids is 1. The summed E-state index contributed by atoms with van der Waals surface area (Å²) in [7, 11) is 0. The molecule has 0 amide bonds. The van der Waals surface area contributed by atoms with Gasteiger partial charge in [0.2, 0.25) is 0 Å². The largest absolute Gasteiger partial charge is 0.476 e. The summed E-state index contributed by atoms with van der Waals surface area (Å²) in [6, 6.07) is 1.28. The molecule has 0 aliphatic heterocycles. The summed E-state index contributed by atoms with van der Waals surface area (Å²) in [6.07, 6.45) is 1.21. The molecule has 0 aliphatic carbocycles. The zero-order valence-electron chi connectivity index (χ0n) is 5.48. The third-order valence-corrected chi connectivity index (χ3v) is 0.657. The van der Waals surface area contributed by atoms with Crippen molar-refractivity contribution >= 4 is 11.9 Å². The van der Waals surface area contributed by atoms with Gasteiger partial charge in [-0.2, -0.15) is 0 Å². The van der Waals surface area contributed by atoms with E-state index in [1.54, 1.807) is 0 Å². The maximum absolute atomic E-state index is 9.94. The van der Waals surface area contributed by atoms with Crippen molar-refractivity contribution < 1.29 is 19.2 Å². The fourth-order valence-electron chi connectivity index (χ4n) is 0.323. The molecule has 5 nitrogen and oxygen atoms in total. The lowest BCUT2D eigenvalue weighted by atomic mass is 10.5. The number of aromatic carboxylic acids is 1. The zero-order chi connectivity index (χ0) is 8.69. The Kier molecular flexibility index (Phi) is 4.12. The molecule has 0 fully saturated rings. The number of carbonyl (C=O) groups excluding carboxylic acids is 1. The van der Waals surface area contributed by atoms with Gasteiger partial charge in [0, 0.05) is 6.07 Å². The number of aromatic nitrogens is 1. The lowest BCUT2D eigenvalue weighted by Crippen LogP contribution is -1.94. The smallest absolute Gasteiger partial charge is 0.358 e. The van der Waals surface area contributed by atoms with Crippen LogP contribution in [-0.4, -0.2) is 22.2 Å². The van der Waals surface area contributed by atoms with Crippen LogP contribution in [0.5, 0.6) is 0 Å². The quantitative estimate of drug-likeness (QED) is 0.593. The van der Waals surface area contributed by atoms with E-state index < -0.39 is 5.97 Å². The van der Waals surface area contributed by atoms with E-state index >= 15 is 0 Å². The van der Waals surface area contributed by atoms with E-state index in [1.807, 2.05) is 0 Å². The molecular weight excluding hydrogens is 150 g/mol. The molecule has 1 heterocycles. The third kappa shape index (κ3) is 3.66. The number of hydrogen-bond acceptors (Lipinski definition) is 4. The number of rotatable bonds is 1. The zero-order valence-corrected chi connectivity index (χ0v) is 5.48. The summed E-state index contributed by atoms with van der Waals surface area (Å²) in [5.74, 6) is 0.179. The van der Waals surface area contributed by atoms with Crippen molar-refractivity contribution in [2.45, 2.75) is 0 Å². The second-order valence-corrected chi connectivity index (χ2v) is 1.33. The molecule has 0 unspecified atom stereocenters. The number of carboxylic acid groups (broad SMARTS) is 1. The molecule has 1 N–H and O–H groups in total. The Morgan fingerprint density at radius 1 is 1.82 bits per heavy atom. The predicted molar refractivity (Wildman–Crippen MR) is 34.8 cm³/mol. The molecule has 1 aromatic heterocycles. The average molecular weight is 155 g/mol. The van der Waals surface area contributed by atoms with Gasteiger partial charge < -0.3 is 9.63 Å². The lowest BCUT2D eigenvalue weighted by molar-refractivity contribution is 0.0685. The Balaban J connectivity index is 0.000000292. The summed E-state index contributed by atoms with van der Waals surface area (Å²) in [4.78, 5) is 18.5. The normalized spacial score (nSPS) is 7.27. The Labute approximate surface area is 61.9 Å². The summed E-state index contributed by atoms with van der Waals surface area (Å²) in [5, 5.41) is 11.3. The standard InChI is InChI=1S/C4H3NO3.C2H2O/c6-4(7)3-1-2-8-5-3;1-2-3/h1-2H,(H,6,7);1H2. The van der Waals surface area contributed by atoms with Gasteiger partial charge in [0.15, 0.2) is 5.69 Å². The van der Waals surface area contributed by atoms with Crippen LogP contribution in [0.1, 0.15) is 10.5 Å². The Bertz CT molecular complexity index is 246. The average Bonchev–Trinajstić information content (AvgIpc) is 2.38. The summed E-state index contributed by atoms with van der Waals surface area (Å²) < 4.78 is 4.24. The highest BCUT2D eigenvalue weighted by molar-refractivity contribution is 5.84. The van der Waals surface area contributed by atoms with Crippen LogP contribution in [0.15, 0.2) is 23.4 Å². The van der Waals surface area contributed by atoms with E-state index in [-0.39, 0.29) is 5.69 Å². The SMILES string of the molecule is C=C=O.O=C(O)c1ccon1. The van der Waals surface area contributed by atoms with E-state index in [4.69, 9.17) is 9.90 Å². The second-order valence-electron chi connectivity index (χ2n) is 1.33. The van der Waals surface area contributed by atoms with E-state index in [1.165, 1.54) is 18.3 Å². The lowest BCUT2D eigenvalue weighted by Gasteiger charge is -1.75. The van der Waals surface area contributed by atoms with Gasteiger partial charge in [-0.25, -0.2) is 9.59 Å². The highest BCUT2D eigenvalue weighted by atomic mass is 16.5. The minimum Gasteiger partial charge on any atom is -0.476 e. The third-order valence-electron chi connectivity index (χ3n) is 0.657. The van der Waals surface area contributed by atoms with E-state index in [0.29, 0.717) is 0 Å². The molecule has 58 valence electrons. The first kappa shape index (κ1) is 9.13. The molecule has 5 heteroatoms. The molecule has 0 saturated heterocycles. The minimum atomic E-state index is -1.07. The minimum absolute atomic E-state index is 0.0648. The topological polar surface area (TPSA) is 80.4 Å². The van der Waals surface area contributed by atoms with Crippen molar-refractivity contribution in [1.82, 2.24) is 5.16 Å². The fraction of sp³-hybridized carbons (Fsp3) is 0. The second kappa shape index (κ2) is 4.96. The predicted octanol–water partition coefficient (Wildman–Crippen LogP) is 0.377. The molecule has 0 saturated carbocycles. The van der Waals surface area contributed by atoms with Crippen LogP contribution in [0.3, 0.4) is 0 Å². The fourth-order valence-corrected chi connectivity index (χ4v) is 0.323. The van der Waals surface area contributed by atoms with Crippen LogP contribution in [0.25, 0.3) is 0 Å². The Hall–Kier alpha value is -1.87.